The summed E-state index contributed by atoms with van der Waals surface area (Å²) in [5, 5.41) is 12.3. The van der Waals surface area contributed by atoms with Crippen LogP contribution in [0.4, 0.5) is 10.5 Å². The highest BCUT2D eigenvalue weighted by Gasteiger charge is 2.18. The third-order valence-corrected chi connectivity index (χ3v) is 2.47. The molecule has 6 heteroatoms. The van der Waals surface area contributed by atoms with Crippen LogP contribution in [0.3, 0.4) is 0 Å². The van der Waals surface area contributed by atoms with E-state index in [1.54, 1.807) is 39.0 Å². The second kappa shape index (κ2) is 6.58. The van der Waals surface area contributed by atoms with Gasteiger partial charge in [-0.2, -0.15) is 0 Å². The fraction of sp³-hybridized carbons (Fsp3) is 0.500. The third-order valence-electron chi connectivity index (χ3n) is 2.47. The average molecular weight is 282 g/mol. The van der Waals surface area contributed by atoms with Gasteiger partial charge in [-0.05, 0) is 38.5 Å². The van der Waals surface area contributed by atoms with Crippen molar-refractivity contribution >= 4 is 11.8 Å². The Bertz CT molecular complexity index is 469. The number of carbonyl (C=O) groups excluding carboxylic acids is 1. The van der Waals surface area contributed by atoms with E-state index < -0.39 is 17.8 Å². The number of aliphatic hydroxyl groups is 1. The molecule has 0 aromatic heterocycles. The minimum absolute atomic E-state index is 0.113. The van der Waals surface area contributed by atoms with Crippen molar-refractivity contribution in [1.29, 1.82) is 0 Å². The molecule has 0 unspecified atom stereocenters. The van der Waals surface area contributed by atoms with Gasteiger partial charge in [-0.25, -0.2) is 4.79 Å². The number of ether oxygens (including phenoxy) is 2. The molecule has 0 saturated heterocycles. The summed E-state index contributed by atoms with van der Waals surface area (Å²) in [4.78, 5) is 11.7. The molecule has 0 heterocycles. The van der Waals surface area contributed by atoms with Crippen LogP contribution in [0.25, 0.3) is 0 Å². The van der Waals surface area contributed by atoms with Gasteiger partial charge in [-0.15, -0.1) is 0 Å². The van der Waals surface area contributed by atoms with Gasteiger partial charge in [0.1, 0.15) is 11.4 Å². The first-order chi connectivity index (χ1) is 9.26. The summed E-state index contributed by atoms with van der Waals surface area (Å²) in [6.07, 6.45) is -1.33. The minimum atomic E-state index is -0.764. The van der Waals surface area contributed by atoms with E-state index in [0.29, 0.717) is 17.0 Å². The summed E-state index contributed by atoms with van der Waals surface area (Å²) in [5.41, 5.74) is 5.92. The maximum atomic E-state index is 11.7. The van der Waals surface area contributed by atoms with Crippen molar-refractivity contribution in [3.8, 4) is 5.75 Å². The molecule has 112 valence electrons. The summed E-state index contributed by atoms with van der Waals surface area (Å²) in [7, 11) is 1.48. The summed E-state index contributed by atoms with van der Waals surface area (Å²) in [6.45, 7) is 5.46. The van der Waals surface area contributed by atoms with Crippen LogP contribution >= 0.6 is 0 Å². The molecule has 1 amide bonds. The molecule has 0 aliphatic rings. The van der Waals surface area contributed by atoms with Crippen LogP contribution in [-0.2, 0) is 4.74 Å². The lowest BCUT2D eigenvalue weighted by Gasteiger charge is -2.20. The Labute approximate surface area is 118 Å². The molecule has 0 saturated carbocycles. The van der Waals surface area contributed by atoms with Crippen molar-refractivity contribution in [1.82, 2.24) is 0 Å². The lowest BCUT2D eigenvalue weighted by atomic mass is 10.1. The van der Waals surface area contributed by atoms with Crippen molar-refractivity contribution in [3.63, 3.8) is 0 Å². The Morgan fingerprint density at radius 2 is 2.10 bits per heavy atom. The third kappa shape index (κ3) is 4.71. The standard InChI is InChI=1S/C14H22N2O4/c1-14(2,3)20-13(18)16-10-6-5-9(11(17)8-15)7-12(10)19-4/h5-7,11,17H,8,15H2,1-4H3,(H,16,18)/t11-/m1/s1. The molecule has 20 heavy (non-hydrogen) atoms. The molecule has 6 nitrogen and oxygen atoms in total. The molecular formula is C14H22N2O4. The second-order valence-corrected chi connectivity index (χ2v) is 5.34. The van der Waals surface area contributed by atoms with Gasteiger partial charge in [0.25, 0.3) is 0 Å². The zero-order valence-electron chi connectivity index (χ0n) is 12.3. The molecule has 1 aromatic rings. The number of methoxy groups -OCH3 is 1. The quantitative estimate of drug-likeness (QED) is 0.785. The fourth-order valence-corrected chi connectivity index (χ4v) is 1.57. The van der Waals surface area contributed by atoms with Gasteiger partial charge in [0.2, 0.25) is 0 Å². The van der Waals surface area contributed by atoms with E-state index in [4.69, 9.17) is 15.2 Å². The van der Waals surface area contributed by atoms with Gasteiger partial charge in [-0.3, -0.25) is 5.32 Å². The highest BCUT2D eigenvalue weighted by Crippen LogP contribution is 2.28. The van der Waals surface area contributed by atoms with Crippen LogP contribution in [0.2, 0.25) is 0 Å². The number of rotatable bonds is 4. The van der Waals surface area contributed by atoms with Crippen LogP contribution in [0.15, 0.2) is 18.2 Å². The molecule has 1 aromatic carbocycles. The largest absolute Gasteiger partial charge is 0.495 e. The molecule has 0 radical (unpaired) electrons. The lowest BCUT2D eigenvalue weighted by molar-refractivity contribution is 0.0635. The van der Waals surface area contributed by atoms with Crippen LogP contribution in [-0.4, -0.2) is 30.5 Å². The normalized spacial score (nSPS) is 12.7. The lowest BCUT2D eigenvalue weighted by Crippen LogP contribution is -2.27. The number of hydrogen-bond acceptors (Lipinski definition) is 5. The van der Waals surface area contributed by atoms with Crippen LogP contribution in [0.1, 0.15) is 32.4 Å². The first-order valence-electron chi connectivity index (χ1n) is 6.33. The number of nitrogens with one attached hydrogen (secondary N) is 1. The van der Waals surface area contributed by atoms with E-state index in [9.17, 15) is 9.90 Å². The van der Waals surface area contributed by atoms with Gasteiger partial charge in [-0.1, -0.05) is 6.07 Å². The number of anilines is 1. The monoisotopic (exact) mass is 282 g/mol. The Balaban J connectivity index is 2.88. The zero-order valence-corrected chi connectivity index (χ0v) is 12.3. The van der Waals surface area contributed by atoms with E-state index in [0.717, 1.165) is 0 Å². The van der Waals surface area contributed by atoms with Crippen molar-refractivity contribution in [2.24, 2.45) is 5.73 Å². The Kier molecular flexibility index (Phi) is 5.35. The molecule has 4 N–H and O–H groups in total. The van der Waals surface area contributed by atoms with Gasteiger partial charge < -0.3 is 20.3 Å². The van der Waals surface area contributed by atoms with Gasteiger partial charge in [0.15, 0.2) is 0 Å². The van der Waals surface area contributed by atoms with Gasteiger partial charge in [0.05, 0.1) is 18.9 Å². The number of aliphatic hydroxyl groups excluding tert-OH is 1. The highest BCUT2D eigenvalue weighted by atomic mass is 16.6. The van der Waals surface area contributed by atoms with Crippen LogP contribution in [0.5, 0.6) is 5.75 Å². The molecule has 0 fully saturated rings. The summed E-state index contributed by atoms with van der Waals surface area (Å²) in [5.74, 6) is 0.431. The maximum absolute atomic E-state index is 11.7. The molecule has 0 bridgehead atoms. The maximum Gasteiger partial charge on any atom is 0.412 e. The summed E-state index contributed by atoms with van der Waals surface area (Å²) < 4.78 is 10.4. The Morgan fingerprint density at radius 3 is 2.60 bits per heavy atom. The Hall–Kier alpha value is -1.79. The van der Waals surface area contributed by atoms with Crippen molar-refractivity contribution in [2.75, 3.05) is 19.0 Å². The van der Waals surface area contributed by atoms with E-state index >= 15 is 0 Å². The second-order valence-electron chi connectivity index (χ2n) is 5.34. The molecular weight excluding hydrogens is 260 g/mol. The smallest absolute Gasteiger partial charge is 0.412 e. The number of benzene rings is 1. The number of carbonyl (C=O) groups is 1. The first kappa shape index (κ1) is 16.3. The van der Waals surface area contributed by atoms with E-state index in [1.165, 1.54) is 7.11 Å². The number of hydrogen-bond donors (Lipinski definition) is 3. The van der Waals surface area contributed by atoms with Gasteiger partial charge in [0, 0.05) is 6.54 Å². The molecule has 1 rings (SSSR count). The van der Waals surface area contributed by atoms with E-state index in [-0.39, 0.29) is 6.54 Å². The Morgan fingerprint density at radius 1 is 1.45 bits per heavy atom. The van der Waals surface area contributed by atoms with Gasteiger partial charge >= 0.3 is 6.09 Å². The molecule has 1 atom stereocenters. The van der Waals surface area contributed by atoms with Crippen molar-refractivity contribution < 1.29 is 19.4 Å². The van der Waals surface area contributed by atoms with E-state index in [2.05, 4.69) is 5.32 Å². The molecule has 0 aliphatic heterocycles. The topological polar surface area (TPSA) is 93.8 Å². The summed E-state index contributed by atoms with van der Waals surface area (Å²) in [6, 6.07) is 4.94. The predicted molar refractivity (Wildman–Crippen MR) is 76.9 cm³/mol. The van der Waals surface area contributed by atoms with Crippen LogP contribution in [0, 0.1) is 0 Å². The highest BCUT2D eigenvalue weighted by molar-refractivity contribution is 5.87. The van der Waals surface area contributed by atoms with Crippen LogP contribution < -0.4 is 15.8 Å². The first-order valence-corrected chi connectivity index (χ1v) is 6.33. The fourth-order valence-electron chi connectivity index (χ4n) is 1.57. The molecule has 0 spiro atoms. The minimum Gasteiger partial charge on any atom is -0.495 e. The van der Waals surface area contributed by atoms with Crippen molar-refractivity contribution in [3.05, 3.63) is 23.8 Å². The SMILES string of the molecule is COc1cc([C@H](O)CN)ccc1NC(=O)OC(C)(C)C. The number of nitrogens with two attached hydrogens (primary N) is 1. The average Bonchev–Trinajstić information content (AvgIpc) is 2.36. The summed E-state index contributed by atoms with van der Waals surface area (Å²) >= 11 is 0. The number of amides is 1. The molecule has 0 aliphatic carbocycles. The van der Waals surface area contributed by atoms with Crippen molar-refractivity contribution in [2.45, 2.75) is 32.5 Å². The zero-order chi connectivity index (χ0) is 15.3. The predicted octanol–water partition coefficient (Wildman–Crippen LogP) is 2.03. The van der Waals surface area contributed by atoms with E-state index in [1.807, 2.05) is 0 Å².